The standard InChI is InChI=1S/C22H23N3O5/c1-13-17-8-7-16(29-22(28)25(3)12-20(23)26)11-19(17)30-21(27)18(13)10-14-5-4-6-15(9-14)24-2/h4-9,11,24H,10,12H2,1-3H3,(H2,23,26). The van der Waals surface area contributed by atoms with Crippen LogP contribution in [0.15, 0.2) is 51.7 Å². The maximum atomic E-state index is 12.6. The molecule has 0 atom stereocenters. The Balaban J connectivity index is 1.89. The van der Waals surface area contributed by atoms with Crippen LogP contribution in [-0.2, 0) is 11.2 Å². The van der Waals surface area contributed by atoms with Crippen LogP contribution in [0.25, 0.3) is 11.0 Å². The van der Waals surface area contributed by atoms with E-state index in [1.165, 1.54) is 13.1 Å². The Morgan fingerprint density at radius 3 is 2.67 bits per heavy atom. The molecule has 156 valence electrons. The summed E-state index contributed by atoms with van der Waals surface area (Å²) in [5.74, 6) is -0.455. The number of carbonyl (C=O) groups excluding carboxylic acids is 2. The van der Waals surface area contributed by atoms with Gasteiger partial charge in [0.15, 0.2) is 0 Å². The molecule has 0 spiro atoms. The van der Waals surface area contributed by atoms with Gasteiger partial charge in [0.1, 0.15) is 17.9 Å². The average Bonchev–Trinajstić information content (AvgIpc) is 2.70. The van der Waals surface area contributed by atoms with Gasteiger partial charge < -0.3 is 25.1 Å². The van der Waals surface area contributed by atoms with Gasteiger partial charge in [-0.15, -0.1) is 0 Å². The van der Waals surface area contributed by atoms with Crippen LogP contribution in [0, 0.1) is 6.92 Å². The number of benzene rings is 2. The normalized spacial score (nSPS) is 10.6. The molecule has 0 saturated heterocycles. The molecule has 1 aromatic heterocycles. The Morgan fingerprint density at radius 2 is 1.97 bits per heavy atom. The van der Waals surface area contributed by atoms with Gasteiger partial charge in [0.2, 0.25) is 5.91 Å². The lowest BCUT2D eigenvalue weighted by molar-refractivity contribution is -0.118. The maximum Gasteiger partial charge on any atom is 0.415 e. The number of primary amides is 1. The third-order valence-corrected chi connectivity index (χ3v) is 4.77. The van der Waals surface area contributed by atoms with Gasteiger partial charge in [-0.2, -0.15) is 0 Å². The molecule has 3 aromatic rings. The van der Waals surface area contributed by atoms with Crippen molar-refractivity contribution in [1.82, 2.24) is 4.90 Å². The second-order valence-electron chi connectivity index (χ2n) is 6.97. The van der Waals surface area contributed by atoms with Crippen molar-refractivity contribution in [2.45, 2.75) is 13.3 Å². The van der Waals surface area contributed by atoms with Crippen molar-refractivity contribution >= 4 is 28.7 Å². The Hall–Kier alpha value is -3.81. The lowest BCUT2D eigenvalue weighted by Crippen LogP contribution is -2.37. The second-order valence-corrected chi connectivity index (χ2v) is 6.97. The van der Waals surface area contributed by atoms with E-state index < -0.39 is 17.6 Å². The number of ether oxygens (including phenoxy) is 1. The Kier molecular flexibility index (Phi) is 6.06. The topological polar surface area (TPSA) is 115 Å². The number of hydrogen-bond acceptors (Lipinski definition) is 6. The van der Waals surface area contributed by atoms with E-state index in [-0.39, 0.29) is 12.3 Å². The van der Waals surface area contributed by atoms with Crippen LogP contribution in [0.5, 0.6) is 5.75 Å². The van der Waals surface area contributed by atoms with E-state index in [9.17, 15) is 14.4 Å². The molecule has 8 heteroatoms. The van der Waals surface area contributed by atoms with Gasteiger partial charge in [0, 0.05) is 43.2 Å². The van der Waals surface area contributed by atoms with Crippen LogP contribution in [0.1, 0.15) is 16.7 Å². The number of rotatable bonds is 6. The Morgan fingerprint density at radius 1 is 1.20 bits per heavy atom. The van der Waals surface area contributed by atoms with Crippen molar-refractivity contribution < 1.29 is 18.7 Å². The number of amides is 2. The average molecular weight is 409 g/mol. The summed E-state index contributed by atoms with van der Waals surface area (Å²) in [5, 5.41) is 3.83. The number of nitrogens with zero attached hydrogens (tertiary/aromatic N) is 1. The van der Waals surface area contributed by atoms with Crippen LogP contribution < -0.4 is 21.4 Å². The molecule has 0 bridgehead atoms. The predicted molar refractivity (Wildman–Crippen MR) is 114 cm³/mol. The second kappa shape index (κ2) is 8.69. The van der Waals surface area contributed by atoms with Gasteiger partial charge in [-0.1, -0.05) is 12.1 Å². The minimum atomic E-state index is -0.742. The molecule has 0 aliphatic heterocycles. The van der Waals surface area contributed by atoms with E-state index in [0.29, 0.717) is 17.6 Å². The van der Waals surface area contributed by atoms with E-state index in [0.717, 1.165) is 27.1 Å². The van der Waals surface area contributed by atoms with Crippen LogP contribution >= 0.6 is 0 Å². The number of carbonyl (C=O) groups is 2. The zero-order valence-corrected chi connectivity index (χ0v) is 17.0. The van der Waals surface area contributed by atoms with Gasteiger partial charge >= 0.3 is 11.7 Å². The fraction of sp³-hybridized carbons (Fsp3) is 0.227. The van der Waals surface area contributed by atoms with Crippen molar-refractivity contribution in [3.8, 4) is 5.75 Å². The molecule has 30 heavy (non-hydrogen) atoms. The molecule has 2 aromatic carbocycles. The zero-order valence-electron chi connectivity index (χ0n) is 17.0. The zero-order chi connectivity index (χ0) is 21.8. The smallest absolute Gasteiger partial charge is 0.415 e. The highest BCUT2D eigenvalue weighted by molar-refractivity contribution is 5.84. The maximum absolute atomic E-state index is 12.6. The van der Waals surface area contributed by atoms with Crippen molar-refractivity contribution in [3.63, 3.8) is 0 Å². The number of nitrogens with two attached hydrogens (primary N) is 1. The van der Waals surface area contributed by atoms with E-state index in [2.05, 4.69) is 5.32 Å². The van der Waals surface area contributed by atoms with Crippen molar-refractivity contribution in [1.29, 1.82) is 0 Å². The predicted octanol–water partition coefficient (Wildman–Crippen LogP) is 2.65. The van der Waals surface area contributed by atoms with E-state index in [1.807, 2.05) is 38.2 Å². The van der Waals surface area contributed by atoms with E-state index in [1.54, 1.807) is 12.1 Å². The highest BCUT2D eigenvalue weighted by Crippen LogP contribution is 2.26. The summed E-state index contributed by atoms with van der Waals surface area (Å²) in [7, 11) is 3.23. The lowest BCUT2D eigenvalue weighted by Gasteiger charge is -2.15. The molecule has 0 unspecified atom stereocenters. The third kappa shape index (κ3) is 4.60. The molecule has 0 radical (unpaired) electrons. The quantitative estimate of drug-likeness (QED) is 0.605. The summed E-state index contributed by atoms with van der Waals surface area (Å²) in [6, 6.07) is 12.6. The molecule has 1 heterocycles. The minimum absolute atomic E-state index is 0.195. The molecule has 0 saturated carbocycles. The fourth-order valence-electron chi connectivity index (χ4n) is 3.16. The van der Waals surface area contributed by atoms with Crippen molar-refractivity contribution in [2.75, 3.05) is 26.0 Å². The summed E-state index contributed by atoms with van der Waals surface area (Å²) in [6.07, 6.45) is -0.304. The molecular weight excluding hydrogens is 386 g/mol. The number of anilines is 1. The molecule has 3 N–H and O–H groups in total. The number of fused-ring (bicyclic) bond motifs is 1. The number of likely N-dealkylation sites (N-methyl/N-ethyl adjacent to an activating group) is 1. The van der Waals surface area contributed by atoms with Crippen LogP contribution in [0.4, 0.5) is 10.5 Å². The van der Waals surface area contributed by atoms with Crippen molar-refractivity contribution in [3.05, 3.63) is 69.6 Å². The summed E-state index contributed by atoms with van der Waals surface area (Å²) < 4.78 is 10.7. The fourth-order valence-corrected chi connectivity index (χ4v) is 3.16. The first-order valence-corrected chi connectivity index (χ1v) is 9.32. The lowest BCUT2D eigenvalue weighted by atomic mass is 9.99. The van der Waals surface area contributed by atoms with E-state index in [4.69, 9.17) is 14.9 Å². The van der Waals surface area contributed by atoms with Gasteiger partial charge in [0.05, 0.1) is 0 Å². The monoisotopic (exact) mass is 409 g/mol. The van der Waals surface area contributed by atoms with E-state index >= 15 is 0 Å². The Bertz CT molecular complexity index is 1170. The Labute approximate surface area is 173 Å². The van der Waals surface area contributed by atoms with Gasteiger partial charge in [-0.05, 0) is 42.3 Å². The SMILES string of the molecule is CNc1cccc(Cc2c(C)c3ccc(OC(=O)N(C)CC(N)=O)cc3oc2=O)c1. The first kappa shape index (κ1) is 20.9. The molecule has 3 rings (SSSR count). The van der Waals surface area contributed by atoms with Crippen LogP contribution in [-0.4, -0.2) is 37.5 Å². The highest BCUT2D eigenvalue weighted by Gasteiger charge is 2.16. The largest absolute Gasteiger partial charge is 0.422 e. The van der Waals surface area contributed by atoms with Gasteiger partial charge in [0.25, 0.3) is 0 Å². The first-order valence-electron chi connectivity index (χ1n) is 9.32. The highest BCUT2D eigenvalue weighted by atomic mass is 16.6. The molecule has 0 aliphatic carbocycles. The molecule has 8 nitrogen and oxygen atoms in total. The molecular formula is C22H23N3O5. The van der Waals surface area contributed by atoms with Crippen LogP contribution in [0.3, 0.4) is 0 Å². The van der Waals surface area contributed by atoms with Crippen LogP contribution in [0.2, 0.25) is 0 Å². The molecule has 2 amide bonds. The minimum Gasteiger partial charge on any atom is -0.422 e. The number of hydrogen-bond donors (Lipinski definition) is 2. The number of nitrogens with one attached hydrogen (secondary N) is 1. The summed E-state index contributed by atoms with van der Waals surface area (Å²) >= 11 is 0. The number of aryl methyl sites for hydroxylation is 1. The molecule has 0 fully saturated rings. The summed E-state index contributed by atoms with van der Waals surface area (Å²) in [5.41, 5.74) is 8.27. The summed E-state index contributed by atoms with van der Waals surface area (Å²) in [4.78, 5) is 36.6. The molecule has 0 aliphatic rings. The first-order chi connectivity index (χ1) is 14.3. The third-order valence-electron chi connectivity index (χ3n) is 4.77. The van der Waals surface area contributed by atoms with Crippen molar-refractivity contribution in [2.24, 2.45) is 5.73 Å². The van der Waals surface area contributed by atoms with Gasteiger partial charge in [-0.3, -0.25) is 4.79 Å². The van der Waals surface area contributed by atoms with Gasteiger partial charge in [-0.25, -0.2) is 9.59 Å². The summed E-state index contributed by atoms with van der Waals surface area (Å²) in [6.45, 7) is 1.60.